The van der Waals surface area contributed by atoms with Gasteiger partial charge in [-0.1, -0.05) is 66.2 Å². The molecule has 4 heterocycles. The van der Waals surface area contributed by atoms with Gasteiger partial charge >= 0.3 is 0 Å². The number of rotatable bonds is 6. The lowest BCUT2D eigenvalue weighted by molar-refractivity contribution is -0.132. The number of carbonyl (C=O) groups excluding carboxylic acids is 1. The van der Waals surface area contributed by atoms with Gasteiger partial charge in [0, 0.05) is 59.7 Å². The van der Waals surface area contributed by atoms with Gasteiger partial charge in [0.1, 0.15) is 30.5 Å². The molecule has 49 heavy (non-hydrogen) atoms. The molecule has 0 aromatic heterocycles. The first-order chi connectivity index (χ1) is 23.6. The number of fused-ring (bicyclic) bond motifs is 3. The second-order valence-corrected chi connectivity index (χ2v) is 14.1. The molecule has 4 aliphatic heterocycles. The van der Waals surface area contributed by atoms with Crippen LogP contribution in [0.3, 0.4) is 0 Å². The zero-order chi connectivity index (χ0) is 34.4. The Morgan fingerprint density at radius 1 is 1.18 bits per heavy atom. The number of nitrogens with zero attached hydrogens (tertiary/aromatic N) is 6. The van der Waals surface area contributed by atoms with Gasteiger partial charge in [-0.05, 0) is 48.1 Å². The average Bonchev–Trinajstić information content (AvgIpc) is 3.61. The van der Waals surface area contributed by atoms with Gasteiger partial charge in [-0.15, -0.1) is 0 Å². The molecule has 0 saturated carbocycles. The molecule has 0 spiro atoms. The quantitative estimate of drug-likeness (QED) is 0.248. The average molecular weight is 704 g/mol. The molecule has 2 unspecified atom stereocenters. The molecule has 252 valence electrons. The highest BCUT2D eigenvalue weighted by molar-refractivity contribution is 6.39. The van der Waals surface area contributed by atoms with Gasteiger partial charge in [-0.3, -0.25) is 9.69 Å². The smallest absolute Gasteiger partial charge is 0.282 e. The fourth-order valence-corrected chi connectivity index (χ4v) is 8.85. The first kappa shape index (κ1) is 33.3. The van der Waals surface area contributed by atoms with Crippen LogP contribution in [0.15, 0.2) is 82.3 Å². The highest BCUT2D eigenvalue weighted by Gasteiger charge is 2.50. The van der Waals surface area contributed by atoms with E-state index in [1.54, 1.807) is 0 Å². The number of aliphatic imine (C=N–C) groups is 1. The van der Waals surface area contributed by atoms with Crippen LogP contribution in [0.4, 0.5) is 8.78 Å². The van der Waals surface area contributed by atoms with Gasteiger partial charge in [0.05, 0.1) is 11.6 Å². The van der Waals surface area contributed by atoms with Crippen molar-refractivity contribution >= 4 is 51.4 Å². The lowest BCUT2D eigenvalue weighted by Gasteiger charge is -2.45. The summed E-state index contributed by atoms with van der Waals surface area (Å²) >= 11 is 13.8. The van der Waals surface area contributed by atoms with Crippen LogP contribution < -0.4 is 0 Å². The van der Waals surface area contributed by atoms with E-state index in [-0.39, 0.29) is 44.3 Å². The normalized spacial score (nSPS) is 28.2. The lowest BCUT2D eigenvalue weighted by atomic mass is 9.82. The van der Waals surface area contributed by atoms with Crippen LogP contribution in [0.25, 0.3) is 21.2 Å². The SMILES string of the molecule is [C-]#[N+]C[C@H]1CN(C2=C(C#N)C(OC[C@@]34CCCN3C[C@H](F)C4)=NC3C=C(c4cccc5cccc(Cl)c45)C(Cl)=CC23)CCN1C(=O)C(=C)F. The molecule has 0 radical (unpaired) electrons. The Balaban J connectivity index is 1.30. The summed E-state index contributed by atoms with van der Waals surface area (Å²) in [4.78, 5) is 26.7. The van der Waals surface area contributed by atoms with Gasteiger partial charge in [0.25, 0.3) is 5.91 Å². The summed E-state index contributed by atoms with van der Waals surface area (Å²) in [6, 6.07) is 12.8. The summed E-state index contributed by atoms with van der Waals surface area (Å²) in [6.07, 6.45) is 5.02. The van der Waals surface area contributed by atoms with Crippen LogP contribution in [0.1, 0.15) is 24.8 Å². The van der Waals surface area contributed by atoms with Crippen LogP contribution in [-0.2, 0) is 9.53 Å². The molecule has 7 rings (SSSR count). The third-order valence-corrected chi connectivity index (χ3v) is 11.1. The van der Waals surface area contributed by atoms with E-state index >= 15 is 0 Å². The van der Waals surface area contributed by atoms with E-state index in [2.05, 4.69) is 22.4 Å². The summed E-state index contributed by atoms with van der Waals surface area (Å²) in [7, 11) is 0. The van der Waals surface area contributed by atoms with Crippen molar-refractivity contribution in [2.75, 3.05) is 45.9 Å². The van der Waals surface area contributed by atoms with Crippen molar-refractivity contribution in [3.63, 3.8) is 0 Å². The van der Waals surface area contributed by atoms with Gasteiger partial charge in [0.2, 0.25) is 12.4 Å². The minimum Gasteiger partial charge on any atom is -0.475 e. The first-order valence-electron chi connectivity index (χ1n) is 16.4. The topological polar surface area (TPSA) is 76.5 Å². The van der Waals surface area contributed by atoms with Gasteiger partial charge < -0.3 is 19.4 Å². The van der Waals surface area contributed by atoms with Crippen molar-refractivity contribution in [1.82, 2.24) is 14.7 Å². The largest absolute Gasteiger partial charge is 0.475 e. The van der Waals surface area contributed by atoms with E-state index < -0.39 is 41.4 Å². The third-order valence-electron chi connectivity index (χ3n) is 10.5. The van der Waals surface area contributed by atoms with Crippen molar-refractivity contribution in [2.24, 2.45) is 10.9 Å². The van der Waals surface area contributed by atoms with Crippen LogP contribution in [0.5, 0.6) is 0 Å². The number of benzene rings is 2. The van der Waals surface area contributed by atoms with E-state index in [0.717, 1.165) is 41.3 Å². The monoisotopic (exact) mass is 702 g/mol. The second-order valence-electron chi connectivity index (χ2n) is 13.3. The predicted molar refractivity (Wildman–Crippen MR) is 186 cm³/mol. The van der Waals surface area contributed by atoms with E-state index in [1.807, 2.05) is 53.5 Å². The molecule has 3 fully saturated rings. The highest BCUT2D eigenvalue weighted by atomic mass is 35.5. The number of nitriles is 1. The Labute approximate surface area is 294 Å². The summed E-state index contributed by atoms with van der Waals surface area (Å²) < 4.78 is 35.1. The minimum absolute atomic E-state index is 0.0541. The maximum absolute atomic E-state index is 14.6. The number of carbonyl (C=O) groups is 1. The fraction of sp³-hybridized carbons (Fsp3) is 0.405. The molecular weight excluding hydrogens is 669 g/mol. The number of ether oxygens (including phenoxy) is 1. The van der Waals surface area contributed by atoms with Crippen LogP contribution >= 0.6 is 23.2 Å². The van der Waals surface area contributed by atoms with Gasteiger partial charge in [0.15, 0.2) is 5.83 Å². The van der Waals surface area contributed by atoms with Crippen molar-refractivity contribution in [3.8, 4) is 6.07 Å². The molecule has 1 amide bonds. The minimum atomic E-state index is -1.09. The number of dihydropyridines is 1. The van der Waals surface area contributed by atoms with Gasteiger partial charge in [-0.25, -0.2) is 20.3 Å². The summed E-state index contributed by atoms with van der Waals surface area (Å²) in [5.41, 5.74) is 1.95. The zero-order valence-corrected chi connectivity index (χ0v) is 28.2. The number of hydrogen-bond acceptors (Lipinski definition) is 6. The van der Waals surface area contributed by atoms with Crippen molar-refractivity contribution in [3.05, 3.63) is 99.3 Å². The summed E-state index contributed by atoms with van der Waals surface area (Å²) in [6.45, 7) is 12.6. The Morgan fingerprint density at radius 3 is 2.73 bits per heavy atom. The van der Waals surface area contributed by atoms with E-state index in [9.17, 15) is 18.8 Å². The Bertz CT molecular complexity index is 1940. The first-order valence-corrected chi connectivity index (χ1v) is 17.1. The number of alkyl halides is 1. The van der Waals surface area contributed by atoms with E-state index in [1.165, 1.54) is 4.90 Å². The van der Waals surface area contributed by atoms with Crippen molar-refractivity contribution in [1.29, 1.82) is 5.26 Å². The Morgan fingerprint density at radius 2 is 1.98 bits per heavy atom. The maximum atomic E-state index is 14.6. The van der Waals surface area contributed by atoms with Crippen molar-refractivity contribution < 1.29 is 18.3 Å². The Hall–Kier alpha value is -4.22. The molecule has 3 saturated heterocycles. The number of halogens is 4. The zero-order valence-electron chi connectivity index (χ0n) is 26.7. The fourth-order valence-electron chi connectivity index (χ4n) is 8.27. The molecule has 0 bridgehead atoms. The lowest BCUT2D eigenvalue weighted by Crippen LogP contribution is -2.57. The van der Waals surface area contributed by atoms with E-state index in [0.29, 0.717) is 28.7 Å². The molecule has 2 aromatic rings. The summed E-state index contributed by atoms with van der Waals surface area (Å²) in [5, 5.41) is 13.5. The number of amides is 1. The molecular formula is C37H34Cl2F2N6O2. The van der Waals surface area contributed by atoms with Crippen molar-refractivity contribution in [2.45, 2.75) is 43.1 Å². The Kier molecular flexibility index (Phi) is 9.00. The number of hydrogen-bond donors (Lipinski definition) is 0. The predicted octanol–water partition coefficient (Wildman–Crippen LogP) is 6.70. The van der Waals surface area contributed by atoms with Crippen LogP contribution in [0, 0.1) is 23.8 Å². The molecule has 5 atom stereocenters. The maximum Gasteiger partial charge on any atom is 0.282 e. The standard InChI is InChI=1S/C37H34Cl2F2N6O2/c1-22(40)36(48)47-13-12-45(20-25(47)18-43-2)34-28-14-31(39)27(26-8-3-6-23-7-4-9-30(38)33(23)26)15-32(28)44-35(29(34)17-42)49-21-37-10-5-11-46(37)19-24(41)16-37/h3-4,6-9,14-15,24-25,28,32H,1,5,10-13,16,18-21H2/t24-,25+,28?,32?,37+/m1/s1. The molecule has 5 aliphatic rings. The van der Waals surface area contributed by atoms with E-state index in [4.69, 9.17) is 39.5 Å². The van der Waals surface area contributed by atoms with Crippen LogP contribution in [-0.4, -0.2) is 96.2 Å². The number of piperazine rings is 1. The van der Waals surface area contributed by atoms with Crippen LogP contribution in [0.2, 0.25) is 5.02 Å². The number of allylic oxidation sites excluding steroid dienone is 2. The molecule has 8 nitrogen and oxygen atoms in total. The molecule has 1 aliphatic carbocycles. The summed E-state index contributed by atoms with van der Waals surface area (Å²) in [5.74, 6) is -2.24. The third kappa shape index (κ3) is 5.90. The molecule has 2 aromatic carbocycles. The molecule has 12 heteroatoms. The van der Waals surface area contributed by atoms with Gasteiger partial charge in [-0.2, -0.15) is 5.26 Å². The second kappa shape index (κ2) is 13.2. The molecule has 0 N–H and O–H groups in total. The highest BCUT2D eigenvalue weighted by Crippen LogP contribution is 2.45.